The van der Waals surface area contributed by atoms with Crippen molar-refractivity contribution in [1.82, 2.24) is 10.2 Å². The molecule has 15 heavy (non-hydrogen) atoms. The van der Waals surface area contributed by atoms with E-state index in [0.717, 1.165) is 11.1 Å². The van der Waals surface area contributed by atoms with E-state index in [0.29, 0.717) is 11.8 Å². The van der Waals surface area contributed by atoms with E-state index in [4.69, 9.17) is 10.2 Å². The Bertz CT molecular complexity index is 476. The van der Waals surface area contributed by atoms with Gasteiger partial charge in [-0.2, -0.15) is 0 Å². The van der Waals surface area contributed by atoms with Crippen LogP contribution in [-0.4, -0.2) is 10.2 Å². The van der Waals surface area contributed by atoms with Crippen molar-refractivity contribution < 1.29 is 4.42 Å². The summed E-state index contributed by atoms with van der Waals surface area (Å²) in [5.41, 5.74) is 8.68. The van der Waals surface area contributed by atoms with Crippen molar-refractivity contribution >= 4 is 0 Å². The SMILES string of the molecule is Cc1ccc(C)c(-c2nnc(CN)o2)c1. The molecule has 0 spiro atoms. The van der Waals surface area contributed by atoms with Gasteiger partial charge in [0, 0.05) is 5.56 Å². The maximum absolute atomic E-state index is 5.41. The number of hydrogen-bond acceptors (Lipinski definition) is 4. The predicted molar refractivity (Wildman–Crippen MR) is 57.1 cm³/mol. The van der Waals surface area contributed by atoms with Crippen LogP contribution < -0.4 is 5.73 Å². The van der Waals surface area contributed by atoms with Crippen LogP contribution in [0.15, 0.2) is 22.6 Å². The van der Waals surface area contributed by atoms with E-state index in [1.165, 1.54) is 5.56 Å². The molecule has 1 aromatic carbocycles. The summed E-state index contributed by atoms with van der Waals surface area (Å²) >= 11 is 0. The Morgan fingerprint density at radius 2 is 2.07 bits per heavy atom. The topological polar surface area (TPSA) is 64.9 Å². The van der Waals surface area contributed by atoms with Gasteiger partial charge in [0.15, 0.2) is 0 Å². The number of hydrogen-bond donors (Lipinski definition) is 1. The van der Waals surface area contributed by atoms with Crippen molar-refractivity contribution in [2.75, 3.05) is 0 Å². The molecule has 4 nitrogen and oxygen atoms in total. The molecule has 2 N–H and O–H groups in total. The van der Waals surface area contributed by atoms with Crippen LogP contribution >= 0.6 is 0 Å². The van der Waals surface area contributed by atoms with E-state index in [9.17, 15) is 0 Å². The Labute approximate surface area is 88.1 Å². The van der Waals surface area contributed by atoms with Gasteiger partial charge in [0.1, 0.15) is 0 Å². The van der Waals surface area contributed by atoms with Crippen molar-refractivity contribution in [3.05, 3.63) is 35.2 Å². The molecule has 2 aromatic rings. The van der Waals surface area contributed by atoms with E-state index in [-0.39, 0.29) is 6.54 Å². The van der Waals surface area contributed by atoms with Crippen molar-refractivity contribution in [3.8, 4) is 11.5 Å². The van der Waals surface area contributed by atoms with E-state index in [1.54, 1.807) is 0 Å². The molecule has 0 fully saturated rings. The average Bonchev–Trinajstić information content (AvgIpc) is 2.70. The molecular formula is C11H13N3O. The van der Waals surface area contributed by atoms with Crippen LogP contribution in [-0.2, 0) is 6.54 Å². The van der Waals surface area contributed by atoms with Crippen molar-refractivity contribution in [3.63, 3.8) is 0 Å². The average molecular weight is 203 g/mol. The third-order valence-electron chi connectivity index (χ3n) is 2.26. The second kappa shape index (κ2) is 3.82. The molecule has 0 atom stereocenters. The highest BCUT2D eigenvalue weighted by molar-refractivity contribution is 5.59. The third-order valence-corrected chi connectivity index (χ3v) is 2.26. The Kier molecular flexibility index (Phi) is 2.51. The fourth-order valence-corrected chi connectivity index (χ4v) is 1.41. The molecule has 2 rings (SSSR count). The van der Waals surface area contributed by atoms with Crippen LogP contribution in [0.3, 0.4) is 0 Å². The van der Waals surface area contributed by atoms with Crippen LogP contribution in [0, 0.1) is 13.8 Å². The van der Waals surface area contributed by atoms with E-state index in [1.807, 2.05) is 26.0 Å². The number of aryl methyl sites for hydroxylation is 2. The Morgan fingerprint density at radius 1 is 1.27 bits per heavy atom. The molecule has 0 saturated heterocycles. The van der Waals surface area contributed by atoms with Gasteiger partial charge in [-0.1, -0.05) is 17.7 Å². The van der Waals surface area contributed by atoms with Gasteiger partial charge in [-0.15, -0.1) is 10.2 Å². The third kappa shape index (κ3) is 1.89. The Morgan fingerprint density at radius 3 is 2.73 bits per heavy atom. The van der Waals surface area contributed by atoms with Gasteiger partial charge in [0.25, 0.3) is 0 Å². The smallest absolute Gasteiger partial charge is 0.248 e. The monoisotopic (exact) mass is 203 g/mol. The molecule has 0 unspecified atom stereocenters. The zero-order valence-electron chi connectivity index (χ0n) is 8.82. The highest BCUT2D eigenvalue weighted by atomic mass is 16.4. The van der Waals surface area contributed by atoms with Gasteiger partial charge in [-0.25, -0.2) is 0 Å². The molecule has 4 heteroatoms. The lowest BCUT2D eigenvalue weighted by Crippen LogP contribution is -1.95. The van der Waals surface area contributed by atoms with Gasteiger partial charge in [-0.05, 0) is 25.5 Å². The summed E-state index contributed by atoms with van der Waals surface area (Å²) in [7, 11) is 0. The zero-order chi connectivity index (χ0) is 10.8. The van der Waals surface area contributed by atoms with Gasteiger partial charge < -0.3 is 10.2 Å². The molecule has 0 radical (unpaired) electrons. The summed E-state index contributed by atoms with van der Waals surface area (Å²) < 4.78 is 5.41. The minimum absolute atomic E-state index is 0.276. The van der Waals surface area contributed by atoms with Crippen molar-refractivity contribution in [2.45, 2.75) is 20.4 Å². The molecular weight excluding hydrogens is 190 g/mol. The van der Waals surface area contributed by atoms with E-state index < -0.39 is 0 Å². The lowest BCUT2D eigenvalue weighted by Gasteiger charge is -2.01. The summed E-state index contributed by atoms with van der Waals surface area (Å²) in [5, 5.41) is 7.80. The first kappa shape index (κ1) is 9.86. The summed E-state index contributed by atoms with van der Waals surface area (Å²) in [6.07, 6.45) is 0. The maximum Gasteiger partial charge on any atom is 0.248 e. The molecule has 0 amide bonds. The van der Waals surface area contributed by atoms with Crippen LogP contribution in [0.2, 0.25) is 0 Å². The molecule has 0 bridgehead atoms. The Hall–Kier alpha value is -1.68. The molecule has 0 aliphatic carbocycles. The predicted octanol–water partition coefficient (Wildman–Crippen LogP) is 1.81. The summed E-state index contributed by atoms with van der Waals surface area (Å²) in [6, 6.07) is 6.12. The fraction of sp³-hybridized carbons (Fsp3) is 0.273. The second-order valence-electron chi connectivity index (χ2n) is 3.52. The van der Waals surface area contributed by atoms with Crippen molar-refractivity contribution in [2.24, 2.45) is 5.73 Å². The first-order chi connectivity index (χ1) is 7.20. The second-order valence-corrected chi connectivity index (χ2v) is 3.52. The van der Waals surface area contributed by atoms with Crippen LogP contribution in [0.1, 0.15) is 17.0 Å². The minimum Gasteiger partial charge on any atom is -0.419 e. The molecule has 0 saturated carbocycles. The van der Waals surface area contributed by atoms with Crippen LogP contribution in [0.4, 0.5) is 0 Å². The van der Waals surface area contributed by atoms with Gasteiger partial charge in [-0.3, -0.25) is 0 Å². The fourth-order valence-electron chi connectivity index (χ4n) is 1.41. The van der Waals surface area contributed by atoms with E-state index in [2.05, 4.69) is 16.3 Å². The van der Waals surface area contributed by atoms with Gasteiger partial charge >= 0.3 is 0 Å². The highest BCUT2D eigenvalue weighted by Gasteiger charge is 2.09. The molecule has 0 aliphatic heterocycles. The lowest BCUT2D eigenvalue weighted by molar-refractivity contribution is 0.508. The molecule has 1 aromatic heterocycles. The van der Waals surface area contributed by atoms with E-state index >= 15 is 0 Å². The van der Waals surface area contributed by atoms with Gasteiger partial charge in [0.2, 0.25) is 11.8 Å². The lowest BCUT2D eigenvalue weighted by atomic mass is 10.1. The normalized spacial score (nSPS) is 10.6. The summed E-state index contributed by atoms with van der Waals surface area (Å²) in [4.78, 5) is 0. The zero-order valence-corrected chi connectivity index (χ0v) is 8.82. The minimum atomic E-state index is 0.276. The quantitative estimate of drug-likeness (QED) is 0.808. The molecule has 78 valence electrons. The van der Waals surface area contributed by atoms with Gasteiger partial charge in [0.05, 0.1) is 6.54 Å². The van der Waals surface area contributed by atoms with Crippen LogP contribution in [0.5, 0.6) is 0 Å². The molecule has 1 heterocycles. The first-order valence-corrected chi connectivity index (χ1v) is 4.81. The number of nitrogens with two attached hydrogens (primary N) is 1. The number of nitrogens with zero attached hydrogens (tertiary/aromatic N) is 2. The number of aromatic nitrogens is 2. The highest BCUT2D eigenvalue weighted by Crippen LogP contribution is 2.22. The van der Waals surface area contributed by atoms with Crippen LogP contribution in [0.25, 0.3) is 11.5 Å². The largest absolute Gasteiger partial charge is 0.419 e. The van der Waals surface area contributed by atoms with Crippen molar-refractivity contribution in [1.29, 1.82) is 0 Å². The standard InChI is InChI=1S/C11H13N3O/c1-7-3-4-8(2)9(5-7)11-14-13-10(6-12)15-11/h3-5H,6,12H2,1-2H3. The number of benzene rings is 1. The summed E-state index contributed by atoms with van der Waals surface area (Å²) in [6.45, 7) is 4.32. The molecule has 0 aliphatic rings. The maximum atomic E-state index is 5.41. The Balaban J connectivity index is 2.48. The first-order valence-electron chi connectivity index (χ1n) is 4.81. The number of rotatable bonds is 2. The summed E-state index contributed by atoms with van der Waals surface area (Å²) in [5.74, 6) is 1.00.